The van der Waals surface area contributed by atoms with E-state index < -0.39 is 23.1 Å². The predicted molar refractivity (Wildman–Crippen MR) is 130 cm³/mol. The Hall–Kier alpha value is -3.16. The van der Waals surface area contributed by atoms with Crippen LogP contribution in [-0.4, -0.2) is 56.7 Å². The maximum Gasteiger partial charge on any atom is 0.329 e. The molecule has 2 aromatic carbocycles. The second-order valence-corrected chi connectivity index (χ2v) is 8.58. The van der Waals surface area contributed by atoms with Gasteiger partial charge >= 0.3 is 11.7 Å². The summed E-state index contributed by atoms with van der Waals surface area (Å²) in [6.07, 6.45) is 1.12. The SMILES string of the molecule is [B]c1cc(Cn2c(=O)n(C(CCC)CC(=O)O)c3ccccc32)c2c(c1)C([B])([B])C(=O)N2C. The van der Waals surface area contributed by atoms with Crippen LogP contribution in [0.5, 0.6) is 0 Å². The van der Waals surface area contributed by atoms with Crippen molar-refractivity contribution in [3.05, 3.63) is 58.0 Å². The first-order valence-electron chi connectivity index (χ1n) is 10.8. The van der Waals surface area contributed by atoms with Gasteiger partial charge in [0, 0.05) is 18.3 Å². The summed E-state index contributed by atoms with van der Waals surface area (Å²) < 4.78 is 3.13. The third kappa shape index (κ3) is 3.71. The number of aromatic nitrogens is 2. The van der Waals surface area contributed by atoms with Crippen molar-refractivity contribution in [1.29, 1.82) is 0 Å². The van der Waals surface area contributed by atoms with Gasteiger partial charge in [-0.1, -0.05) is 43.1 Å². The van der Waals surface area contributed by atoms with Crippen molar-refractivity contribution in [3.8, 4) is 0 Å². The fourth-order valence-electron chi connectivity index (χ4n) is 4.81. The van der Waals surface area contributed by atoms with Gasteiger partial charge in [0.15, 0.2) is 0 Å². The Morgan fingerprint density at radius 3 is 2.45 bits per heavy atom. The number of nitrogens with zero attached hydrogens (tertiary/aromatic N) is 3. The third-order valence-corrected chi connectivity index (χ3v) is 6.25. The average molecular weight is 437 g/mol. The van der Waals surface area contributed by atoms with Crippen LogP contribution in [0.25, 0.3) is 11.0 Å². The minimum atomic E-state index is -1.71. The van der Waals surface area contributed by atoms with Gasteiger partial charge in [0.2, 0.25) is 5.91 Å². The van der Waals surface area contributed by atoms with Gasteiger partial charge < -0.3 is 10.0 Å². The van der Waals surface area contributed by atoms with E-state index in [-0.39, 0.29) is 18.7 Å². The molecule has 10 heteroatoms. The molecular weight excluding hydrogens is 415 g/mol. The molecule has 0 saturated carbocycles. The van der Waals surface area contributed by atoms with Gasteiger partial charge in [0.05, 0.1) is 45.4 Å². The Kier molecular flexibility index (Phi) is 5.80. The summed E-state index contributed by atoms with van der Waals surface area (Å²) in [5.41, 5.74) is 2.90. The van der Waals surface area contributed by atoms with E-state index in [9.17, 15) is 19.5 Å². The van der Waals surface area contributed by atoms with Crippen LogP contribution in [-0.2, 0) is 21.3 Å². The number of carboxylic acids is 1. The lowest BCUT2D eigenvalue weighted by Crippen LogP contribution is -2.39. The Balaban J connectivity index is 1.91. The first-order chi connectivity index (χ1) is 15.6. The van der Waals surface area contributed by atoms with Gasteiger partial charge in [-0.25, -0.2) is 4.79 Å². The fourth-order valence-corrected chi connectivity index (χ4v) is 4.81. The number of aliphatic carboxylic acids is 1. The van der Waals surface area contributed by atoms with Crippen LogP contribution in [0.15, 0.2) is 41.2 Å². The molecule has 0 bridgehead atoms. The zero-order chi connectivity index (χ0) is 24.1. The van der Waals surface area contributed by atoms with Crippen molar-refractivity contribution in [3.63, 3.8) is 0 Å². The molecule has 1 aliphatic heterocycles. The lowest BCUT2D eigenvalue weighted by atomic mass is 9.51. The normalized spacial score (nSPS) is 15.7. The standard InChI is InChI=1S/C23H22B3N3O4/c1-3-6-15(11-19(30)31)29-18-8-5-4-7-17(18)28(22(29)33)12-13-9-14(24)10-16-20(13)27(2)21(32)23(16,25)26/h4-5,7-10,15H,3,6,11-12H2,1-2H3,(H,30,31). The molecule has 4 rings (SSSR count). The highest BCUT2D eigenvalue weighted by atomic mass is 16.4. The summed E-state index contributed by atoms with van der Waals surface area (Å²) in [5, 5.41) is 7.71. The molecular formula is C23H22B3N3O4. The number of para-hydroxylation sites is 2. The first-order valence-corrected chi connectivity index (χ1v) is 10.8. The Morgan fingerprint density at radius 1 is 1.15 bits per heavy atom. The summed E-state index contributed by atoms with van der Waals surface area (Å²) in [6.45, 7) is 2.06. The minimum absolute atomic E-state index is 0.110. The maximum absolute atomic E-state index is 13.6. The molecule has 0 aliphatic carbocycles. The highest BCUT2D eigenvalue weighted by molar-refractivity contribution is 6.54. The number of hydrogen-bond acceptors (Lipinski definition) is 3. The minimum Gasteiger partial charge on any atom is -0.481 e. The van der Waals surface area contributed by atoms with E-state index in [4.69, 9.17) is 23.5 Å². The van der Waals surface area contributed by atoms with Gasteiger partial charge in [0.25, 0.3) is 0 Å². The number of amides is 1. The molecule has 1 unspecified atom stereocenters. The van der Waals surface area contributed by atoms with E-state index >= 15 is 0 Å². The van der Waals surface area contributed by atoms with Gasteiger partial charge in [-0.15, -0.1) is 0 Å². The highest BCUT2D eigenvalue weighted by Gasteiger charge is 2.42. The number of hydrogen-bond donors (Lipinski definition) is 1. The molecule has 162 valence electrons. The summed E-state index contributed by atoms with van der Waals surface area (Å²) in [7, 11) is 19.9. The van der Waals surface area contributed by atoms with Gasteiger partial charge in [-0.05, 0) is 29.7 Å². The summed E-state index contributed by atoms with van der Waals surface area (Å²) in [4.78, 5) is 39.2. The number of carbonyl (C=O) groups is 2. The first kappa shape index (κ1) is 23.0. The number of fused-ring (bicyclic) bond motifs is 2. The zero-order valence-corrected chi connectivity index (χ0v) is 18.6. The number of rotatable bonds is 7. The molecule has 2 heterocycles. The van der Waals surface area contributed by atoms with Gasteiger partial charge in [0.1, 0.15) is 7.85 Å². The van der Waals surface area contributed by atoms with Crippen LogP contribution < -0.4 is 16.1 Å². The second-order valence-electron chi connectivity index (χ2n) is 8.58. The summed E-state index contributed by atoms with van der Waals surface area (Å²) >= 11 is 0. The molecule has 0 fully saturated rings. The van der Waals surface area contributed by atoms with Crippen molar-refractivity contribution in [2.75, 3.05) is 11.9 Å². The maximum atomic E-state index is 13.6. The topological polar surface area (TPSA) is 84.5 Å². The van der Waals surface area contributed by atoms with Crippen molar-refractivity contribution < 1.29 is 14.7 Å². The molecule has 1 atom stereocenters. The number of likely N-dealkylation sites (N-methyl/N-ethyl adjacent to an activating group) is 1. The number of carboxylic acid groups (broad SMARTS) is 1. The molecule has 1 amide bonds. The smallest absolute Gasteiger partial charge is 0.329 e. The summed E-state index contributed by atoms with van der Waals surface area (Å²) in [5.74, 6) is -1.43. The fraction of sp³-hybridized carbons (Fsp3) is 0.348. The van der Waals surface area contributed by atoms with E-state index in [1.54, 1.807) is 28.3 Å². The van der Waals surface area contributed by atoms with Crippen molar-refractivity contribution in [2.24, 2.45) is 0 Å². The van der Waals surface area contributed by atoms with Crippen LogP contribution in [0.3, 0.4) is 0 Å². The molecule has 1 aliphatic rings. The number of anilines is 1. The molecule has 0 saturated heterocycles. The second kappa shape index (κ2) is 8.32. The van der Waals surface area contributed by atoms with E-state index in [0.29, 0.717) is 39.7 Å². The van der Waals surface area contributed by atoms with E-state index in [1.165, 1.54) is 4.90 Å². The van der Waals surface area contributed by atoms with Crippen molar-refractivity contribution in [1.82, 2.24) is 9.13 Å². The highest BCUT2D eigenvalue weighted by Crippen LogP contribution is 2.39. The number of carbonyl (C=O) groups excluding carboxylic acids is 1. The zero-order valence-electron chi connectivity index (χ0n) is 18.6. The Labute approximate surface area is 195 Å². The van der Waals surface area contributed by atoms with Crippen LogP contribution >= 0.6 is 0 Å². The monoisotopic (exact) mass is 437 g/mol. The Bertz CT molecular complexity index is 1330. The van der Waals surface area contributed by atoms with Crippen LogP contribution in [0, 0.1) is 0 Å². The van der Waals surface area contributed by atoms with Gasteiger partial charge in [-0.2, -0.15) is 0 Å². The van der Waals surface area contributed by atoms with Gasteiger partial charge in [-0.3, -0.25) is 18.7 Å². The van der Waals surface area contributed by atoms with Crippen LogP contribution in [0.4, 0.5) is 5.69 Å². The van der Waals surface area contributed by atoms with E-state index in [0.717, 1.165) is 6.42 Å². The lowest BCUT2D eigenvalue weighted by Gasteiger charge is -2.18. The number of benzene rings is 2. The molecule has 1 N–H and O–H groups in total. The molecule has 6 radical (unpaired) electrons. The predicted octanol–water partition coefficient (Wildman–Crippen LogP) is 0.927. The Morgan fingerprint density at radius 2 is 1.82 bits per heavy atom. The van der Waals surface area contributed by atoms with E-state index in [2.05, 4.69) is 0 Å². The molecule has 3 aromatic rings. The largest absolute Gasteiger partial charge is 0.481 e. The molecule has 1 aromatic heterocycles. The quantitative estimate of drug-likeness (QED) is 0.558. The number of imidazole rings is 1. The van der Waals surface area contributed by atoms with Crippen molar-refractivity contribution >= 4 is 57.6 Å². The van der Waals surface area contributed by atoms with Crippen molar-refractivity contribution in [2.45, 2.75) is 44.0 Å². The summed E-state index contributed by atoms with van der Waals surface area (Å²) in [6, 6.07) is 10.0. The third-order valence-electron chi connectivity index (χ3n) is 6.25. The lowest BCUT2D eigenvalue weighted by molar-refractivity contribution is -0.138. The van der Waals surface area contributed by atoms with Crippen LogP contribution in [0.1, 0.15) is 43.4 Å². The molecule has 0 spiro atoms. The molecule has 33 heavy (non-hydrogen) atoms. The molecule has 7 nitrogen and oxygen atoms in total. The average Bonchev–Trinajstić information content (AvgIpc) is 3.11. The van der Waals surface area contributed by atoms with E-state index in [1.807, 2.05) is 31.2 Å². The van der Waals surface area contributed by atoms with Crippen LogP contribution in [0.2, 0.25) is 0 Å².